The summed E-state index contributed by atoms with van der Waals surface area (Å²) in [7, 11) is 0. The Morgan fingerprint density at radius 1 is 1.00 bits per heavy atom. The van der Waals surface area contributed by atoms with Crippen molar-refractivity contribution in [3.8, 4) is 0 Å². The summed E-state index contributed by atoms with van der Waals surface area (Å²) in [6.07, 6.45) is -1.97. The van der Waals surface area contributed by atoms with E-state index in [1.807, 2.05) is 0 Å². The molecule has 0 saturated heterocycles. The predicted octanol–water partition coefficient (Wildman–Crippen LogP) is 5.91. The Morgan fingerprint density at radius 3 is 2.18 bits per heavy atom. The molecule has 0 unspecified atom stereocenters. The minimum atomic E-state index is -4.49. The van der Waals surface area contributed by atoms with Crippen molar-refractivity contribution >= 4 is 35.1 Å². The monoisotopic (exact) mass is 344 g/mol. The number of ketones is 1. The lowest BCUT2D eigenvalue weighted by Gasteiger charge is -2.07. The van der Waals surface area contributed by atoms with Gasteiger partial charge in [0.15, 0.2) is 5.78 Å². The van der Waals surface area contributed by atoms with E-state index in [1.165, 1.54) is 18.2 Å². The quantitative estimate of drug-likeness (QED) is 0.499. The third-order valence-electron chi connectivity index (χ3n) is 2.88. The van der Waals surface area contributed by atoms with Crippen LogP contribution in [0.25, 0.3) is 6.08 Å². The second-order valence-electron chi connectivity index (χ2n) is 4.41. The lowest BCUT2D eigenvalue weighted by Crippen LogP contribution is -2.06. The molecule has 6 heteroatoms. The van der Waals surface area contributed by atoms with Gasteiger partial charge >= 0.3 is 6.18 Å². The van der Waals surface area contributed by atoms with Crippen molar-refractivity contribution < 1.29 is 18.0 Å². The third-order valence-corrected chi connectivity index (χ3v) is 3.53. The van der Waals surface area contributed by atoms with E-state index in [4.69, 9.17) is 23.2 Å². The minimum Gasteiger partial charge on any atom is -0.289 e. The van der Waals surface area contributed by atoms with Crippen molar-refractivity contribution in [2.45, 2.75) is 6.18 Å². The highest BCUT2D eigenvalue weighted by atomic mass is 35.5. The Kier molecular flexibility index (Phi) is 4.94. The smallest absolute Gasteiger partial charge is 0.289 e. The Balaban J connectivity index is 2.28. The van der Waals surface area contributed by atoms with E-state index in [0.29, 0.717) is 15.6 Å². The van der Waals surface area contributed by atoms with E-state index in [9.17, 15) is 18.0 Å². The first-order valence-electron chi connectivity index (χ1n) is 6.13. The predicted molar refractivity (Wildman–Crippen MR) is 81.3 cm³/mol. The molecule has 2 aromatic carbocycles. The number of rotatable bonds is 3. The molecule has 22 heavy (non-hydrogen) atoms. The number of allylic oxidation sites excluding steroid dienone is 1. The molecule has 0 radical (unpaired) electrons. The molecule has 0 spiro atoms. The van der Waals surface area contributed by atoms with Crippen LogP contribution in [-0.2, 0) is 6.18 Å². The summed E-state index contributed by atoms with van der Waals surface area (Å²) in [6, 6.07) is 9.06. The Labute approximate surface area is 135 Å². The molecule has 0 aliphatic heterocycles. The van der Waals surface area contributed by atoms with Crippen molar-refractivity contribution in [3.05, 3.63) is 75.3 Å². The molecule has 0 aliphatic carbocycles. The van der Waals surface area contributed by atoms with Gasteiger partial charge < -0.3 is 0 Å². The second-order valence-corrected chi connectivity index (χ2v) is 5.23. The number of alkyl halides is 3. The van der Waals surface area contributed by atoms with Crippen LogP contribution < -0.4 is 0 Å². The average Bonchev–Trinajstić information content (AvgIpc) is 2.46. The summed E-state index contributed by atoms with van der Waals surface area (Å²) in [5.41, 5.74) is -0.497. The van der Waals surface area contributed by atoms with Gasteiger partial charge in [0.05, 0.1) is 5.56 Å². The Hall–Kier alpha value is -1.78. The molecule has 0 bridgehead atoms. The van der Waals surface area contributed by atoms with E-state index in [-0.39, 0.29) is 5.56 Å². The van der Waals surface area contributed by atoms with Crippen LogP contribution in [0.15, 0.2) is 48.5 Å². The van der Waals surface area contributed by atoms with E-state index in [0.717, 1.165) is 18.2 Å². The van der Waals surface area contributed by atoms with E-state index >= 15 is 0 Å². The average molecular weight is 345 g/mol. The van der Waals surface area contributed by atoms with Crippen molar-refractivity contribution in [1.82, 2.24) is 0 Å². The standard InChI is InChI=1S/C16H9Cl2F3O/c17-13-5-2-6-14(18)12(13)7-8-15(22)10-3-1-4-11(9-10)16(19,20)21/h1-9H. The molecular weight excluding hydrogens is 336 g/mol. The van der Waals surface area contributed by atoms with Gasteiger partial charge in [-0.2, -0.15) is 13.2 Å². The van der Waals surface area contributed by atoms with Crippen molar-refractivity contribution in [2.24, 2.45) is 0 Å². The summed E-state index contributed by atoms with van der Waals surface area (Å²) in [4.78, 5) is 12.0. The third kappa shape index (κ3) is 3.90. The molecule has 0 saturated carbocycles. The highest BCUT2D eigenvalue weighted by Crippen LogP contribution is 2.30. The zero-order valence-electron chi connectivity index (χ0n) is 11.0. The fourth-order valence-electron chi connectivity index (χ4n) is 1.77. The minimum absolute atomic E-state index is 0.0609. The van der Waals surface area contributed by atoms with E-state index in [1.54, 1.807) is 18.2 Å². The summed E-state index contributed by atoms with van der Waals surface area (Å²) >= 11 is 11.9. The van der Waals surface area contributed by atoms with Crippen LogP contribution in [0.5, 0.6) is 0 Å². The van der Waals surface area contributed by atoms with Gasteiger partial charge in [-0.05, 0) is 36.4 Å². The molecule has 1 nitrogen and oxygen atoms in total. The van der Waals surface area contributed by atoms with Crippen LogP contribution in [0.4, 0.5) is 13.2 Å². The highest BCUT2D eigenvalue weighted by molar-refractivity contribution is 6.37. The number of hydrogen-bond acceptors (Lipinski definition) is 1. The fourth-order valence-corrected chi connectivity index (χ4v) is 2.30. The molecule has 2 rings (SSSR count). The number of benzene rings is 2. The molecule has 0 aromatic heterocycles. The van der Waals surface area contributed by atoms with Gasteiger partial charge in [-0.15, -0.1) is 0 Å². The maximum atomic E-state index is 12.6. The number of carbonyl (C=O) groups is 1. The van der Waals surface area contributed by atoms with Gasteiger partial charge in [-0.1, -0.05) is 41.4 Å². The topological polar surface area (TPSA) is 17.1 Å². The molecule has 0 N–H and O–H groups in total. The number of hydrogen-bond donors (Lipinski definition) is 0. The van der Waals surface area contributed by atoms with Crippen LogP contribution in [0.2, 0.25) is 10.0 Å². The van der Waals surface area contributed by atoms with E-state index < -0.39 is 17.5 Å². The summed E-state index contributed by atoms with van der Waals surface area (Å²) in [6.45, 7) is 0. The molecule has 0 amide bonds. The maximum Gasteiger partial charge on any atom is 0.416 e. The highest BCUT2D eigenvalue weighted by Gasteiger charge is 2.30. The Bertz CT molecular complexity index is 716. The molecular formula is C16H9Cl2F3O. The number of halogens is 5. The molecule has 114 valence electrons. The zero-order chi connectivity index (χ0) is 16.3. The molecule has 0 atom stereocenters. The van der Waals surface area contributed by atoms with Gasteiger partial charge in [-0.3, -0.25) is 4.79 Å². The zero-order valence-corrected chi connectivity index (χ0v) is 12.5. The molecule has 0 heterocycles. The fraction of sp³-hybridized carbons (Fsp3) is 0.0625. The Morgan fingerprint density at radius 2 is 1.59 bits per heavy atom. The second kappa shape index (κ2) is 6.55. The first-order valence-corrected chi connectivity index (χ1v) is 6.88. The van der Waals surface area contributed by atoms with Gasteiger partial charge in [-0.25, -0.2) is 0 Å². The lowest BCUT2D eigenvalue weighted by atomic mass is 10.1. The molecule has 0 aliphatic rings. The maximum absolute atomic E-state index is 12.6. The first-order chi connectivity index (χ1) is 10.3. The van der Waals surface area contributed by atoms with Gasteiger partial charge in [0.25, 0.3) is 0 Å². The SMILES string of the molecule is O=C(C=Cc1c(Cl)cccc1Cl)c1cccc(C(F)(F)F)c1. The first kappa shape index (κ1) is 16.6. The van der Waals surface area contributed by atoms with Crippen LogP contribution in [-0.4, -0.2) is 5.78 Å². The summed E-state index contributed by atoms with van der Waals surface area (Å²) < 4.78 is 37.9. The van der Waals surface area contributed by atoms with Crippen LogP contribution in [0.3, 0.4) is 0 Å². The molecule has 0 fully saturated rings. The van der Waals surface area contributed by atoms with Crippen molar-refractivity contribution in [1.29, 1.82) is 0 Å². The normalized spacial score (nSPS) is 11.9. The summed E-state index contributed by atoms with van der Waals surface area (Å²) in [5.74, 6) is -0.568. The van der Waals surface area contributed by atoms with Crippen LogP contribution in [0, 0.1) is 0 Å². The van der Waals surface area contributed by atoms with Crippen molar-refractivity contribution in [2.75, 3.05) is 0 Å². The van der Waals surface area contributed by atoms with Gasteiger partial charge in [0, 0.05) is 21.2 Å². The van der Waals surface area contributed by atoms with E-state index in [2.05, 4.69) is 0 Å². The molecule has 2 aromatic rings. The van der Waals surface area contributed by atoms with Crippen LogP contribution in [0.1, 0.15) is 21.5 Å². The summed E-state index contributed by atoms with van der Waals surface area (Å²) in [5, 5.41) is 0.696. The lowest BCUT2D eigenvalue weighted by molar-refractivity contribution is -0.137. The largest absolute Gasteiger partial charge is 0.416 e. The van der Waals surface area contributed by atoms with Gasteiger partial charge in [0.1, 0.15) is 0 Å². The number of carbonyl (C=O) groups excluding carboxylic acids is 1. The van der Waals surface area contributed by atoms with Gasteiger partial charge in [0.2, 0.25) is 0 Å². The van der Waals surface area contributed by atoms with Crippen LogP contribution >= 0.6 is 23.2 Å². The van der Waals surface area contributed by atoms with Crippen molar-refractivity contribution in [3.63, 3.8) is 0 Å².